The second-order valence-electron chi connectivity index (χ2n) is 9.23. The van der Waals surface area contributed by atoms with Crippen molar-refractivity contribution in [1.82, 2.24) is 0 Å². The highest BCUT2D eigenvalue weighted by atomic mass is 35.5. The third-order valence-electron chi connectivity index (χ3n) is 7.43. The lowest BCUT2D eigenvalue weighted by molar-refractivity contribution is -0.122. The lowest BCUT2D eigenvalue weighted by Crippen LogP contribution is -2.48. The van der Waals surface area contributed by atoms with Crippen LogP contribution in [-0.4, -0.2) is 36.5 Å². The molecule has 0 saturated carbocycles. The Balaban J connectivity index is 1.35. The summed E-state index contributed by atoms with van der Waals surface area (Å²) >= 11 is 6.06. The molecular formula is C28H19ClN2O5. The Bertz CT molecular complexity index is 1480. The SMILES string of the molecule is O=C(c1ccc(Cl)cc1)C1C2C(=O)N(c3ccc4c(c3)OCO4)C(=O)C2C2C=Cc3ccccc3N21. The number of para-hydroxylation sites is 1. The quantitative estimate of drug-likeness (QED) is 0.395. The number of fused-ring (bicyclic) bond motifs is 6. The van der Waals surface area contributed by atoms with E-state index in [0.29, 0.717) is 27.8 Å². The van der Waals surface area contributed by atoms with E-state index in [1.807, 2.05) is 41.3 Å². The van der Waals surface area contributed by atoms with Crippen LogP contribution >= 0.6 is 11.6 Å². The Morgan fingerprint density at radius 3 is 2.47 bits per heavy atom. The van der Waals surface area contributed by atoms with Crippen LogP contribution in [0.3, 0.4) is 0 Å². The Morgan fingerprint density at radius 1 is 0.889 bits per heavy atom. The van der Waals surface area contributed by atoms with Crippen LogP contribution in [0.2, 0.25) is 5.02 Å². The van der Waals surface area contributed by atoms with Crippen molar-refractivity contribution in [3.63, 3.8) is 0 Å². The molecule has 4 aliphatic rings. The number of halogens is 1. The monoisotopic (exact) mass is 498 g/mol. The van der Waals surface area contributed by atoms with Gasteiger partial charge in [0.1, 0.15) is 6.04 Å². The fourth-order valence-corrected chi connectivity index (χ4v) is 6.00. The van der Waals surface area contributed by atoms with E-state index in [1.165, 1.54) is 4.90 Å². The molecule has 4 unspecified atom stereocenters. The van der Waals surface area contributed by atoms with Crippen LogP contribution < -0.4 is 19.3 Å². The number of hydrogen-bond donors (Lipinski definition) is 0. The summed E-state index contributed by atoms with van der Waals surface area (Å²) in [6, 6.07) is 18.1. The number of rotatable bonds is 3. The zero-order valence-electron chi connectivity index (χ0n) is 18.8. The summed E-state index contributed by atoms with van der Waals surface area (Å²) in [6.45, 7) is 0.0881. The summed E-state index contributed by atoms with van der Waals surface area (Å²) in [4.78, 5) is 45.0. The fourth-order valence-electron chi connectivity index (χ4n) is 5.88. The van der Waals surface area contributed by atoms with Gasteiger partial charge in [0.15, 0.2) is 17.3 Å². The number of anilines is 2. The Labute approximate surface area is 211 Å². The van der Waals surface area contributed by atoms with Crippen molar-refractivity contribution in [3.8, 4) is 11.5 Å². The van der Waals surface area contributed by atoms with Gasteiger partial charge in [0.25, 0.3) is 0 Å². The lowest BCUT2D eigenvalue weighted by atomic mass is 9.86. The molecule has 4 heterocycles. The molecule has 0 N–H and O–H groups in total. The Hall–Kier alpha value is -4.10. The Morgan fingerprint density at radius 2 is 1.64 bits per heavy atom. The first-order valence-corrected chi connectivity index (χ1v) is 12.0. The summed E-state index contributed by atoms with van der Waals surface area (Å²) in [5, 5.41) is 0.515. The molecule has 0 bridgehead atoms. The highest BCUT2D eigenvalue weighted by Gasteiger charge is 2.64. The van der Waals surface area contributed by atoms with E-state index in [4.69, 9.17) is 21.1 Å². The van der Waals surface area contributed by atoms with Crippen LogP contribution in [0, 0.1) is 11.8 Å². The van der Waals surface area contributed by atoms with E-state index in [1.54, 1.807) is 42.5 Å². The normalized spacial score (nSPS) is 25.1. The topological polar surface area (TPSA) is 76.1 Å². The van der Waals surface area contributed by atoms with Gasteiger partial charge in [-0.05, 0) is 48.0 Å². The first-order chi connectivity index (χ1) is 17.5. The summed E-state index contributed by atoms with van der Waals surface area (Å²) < 4.78 is 10.8. The smallest absolute Gasteiger partial charge is 0.240 e. The van der Waals surface area contributed by atoms with Crippen molar-refractivity contribution < 1.29 is 23.9 Å². The Kier molecular flexibility index (Phi) is 4.53. The molecule has 0 aromatic heterocycles. The van der Waals surface area contributed by atoms with Crippen molar-refractivity contribution in [2.45, 2.75) is 12.1 Å². The molecule has 0 aliphatic carbocycles. The molecule has 0 spiro atoms. The van der Waals surface area contributed by atoms with Gasteiger partial charge in [0.2, 0.25) is 18.6 Å². The molecule has 7 nitrogen and oxygen atoms in total. The molecule has 8 heteroatoms. The summed E-state index contributed by atoms with van der Waals surface area (Å²) in [7, 11) is 0. The van der Waals surface area contributed by atoms with Crippen molar-refractivity contribution >= 4 is 46.6 Å². The van der Waals surface area contributed by atoms with E-state index in [9.17, 15) is 14.4 Å². The summed E-state index contributed by atoms with van der Waals surface area (Å²) in [6.07, 6.45) is 3.90. The van der Waals surface area contributed by atoms with E-state index >= 15 is 0 Å². The second kappa shape index (κ2) is 7.70. The van der Waals surface area contributed by atoms with Crippen LogP contribution in [0.4, 0.5) is 11.4 Å². The molecular weight excluding hydrogens is 480 g/mol. The third kappa shape index (κ3) is 2.89. The maximum absolute atomic E-state index is 14.0. The van der Waals surface area contributed by atoms with Gasteiger partial charge in [-0.2, -0.15) is 0 Å². The van der Waals surface area contributed by atoms with Gasteiger partial charge in [0, 0.05) is 22.3 Å². The van der Waals surface area contributed by atoms with Gasteiger partial charge < -0.3 is 14.4 Å². The molecule has 2 saturated heterocycles. The molecule has 4 atom stereocenters. The highest BCUT2D eigenvalue weighted by molar-refractivity contribution is 6.30. The van der Waals surface area contributed by atoms with E-state index in [-0.39, 0.29) is 18.5 Å². The van der Waals surface area contributed by atoms with Crippen LogP contribution in [0.15, 0.2) is 72.8 Å². The van der Waals surface area contributed by atoms with Gasteiger partial charge in [-0.25, -0.2) is 4.90 Å². The first-order valence-electron chi connectivity index (χ1n) is 11.7. The maximum Gasteiger partial charge on any atom is 0.240 e. The average molecular weight is 499 g/mol. The number of carbonyl (C=O) groups is 3. The molecule has 7 rings (SSSR count). The maximum atomic E-state index is 14.0. The number of ether oxygens (including phenoxy) is 2. The predicted octanol–water partition coefficient (Wildman–Crippen LogP) is 4.34. The largest absolute Gasteiger partial charge is 0.454 e. The van der Waals surface area contributed by atoms with Crippen molar-refractivity contribution in [2.75, 3.05) is 16.6 Å². The number of imide groups is 1. The van der Waals surface area contributed by atoms with E-state index < -0.39 is 29.8 Å². The van der Waals surface area contributed by atoms with Gasteiger partial charge >= 0.3 is 0 Å². The fraction of sp³-hybridized carbons (Fsp3) is 0.179. The number of ketones is 1. The van der Waals surface area contributed by atoms with E-state index in [0.717, 1.165) is 11.3 Å². The molecule has 2 amide bonds. The molecule has 2 fully saturated rings. The van der Waals surface area contributed by atoms with Crippen molar-refractivity contribution in [1.29, 1.82) is 0 Å². The zero-order valence-corrected chi connectivity index (χ0v) is 19.6. The number of amides is 2. The average Bonchev–Trinajstić information content (AvgIpc) is 3.57. The number of nitrogens with zero attached hydrogens (tertiary/aromatic N) is 2. The molecule has 36 heavy (non-hydrogen) atoms. The second-order valence-corrected chi connectivity index (χ2v) is 9.67. The number of benzene rings is 3. The number of carbonyl (C=O) groups excluding carboxylic acids is 3. The standard InChI is InChI=1S/C28H19ClN2O5/c29-17-8-5-16(6-9-17)26(32)25-24-23(20-11-7-15-3-1-2-4-19(15)31(20)25)27(33)30(28(24)34)18-10-12-21-22(13-18)36-14-35-21/h1-13,20,23-25H,14H2. The molecule has 4 aliphatic heterocycles. The minimum Gasteiger partial charge on any atom is -0.454 e. The van der Waals surface area contributed by atoms with Crippen molar-refractivity contribution in [3.05, 3.63) is 89.0 Å². The van der Waals surface area contributed by atoms with Crippen LogP contribution in [0.5, 0.6) is 11.5 Å². The van der Waals surface area contributed by atoms with Crippen LogP contribution in [-0.2, 0) is 9.59 Å². The zero-order chi connectivity index (χ0) is 24.6. The molecule has 178 valence electrons. The van der Waals surface area contributed by atoms with Crippen molar-refractivity contribution in [2.24, 2.45) is 11.8 Å². The van der Waals surface area contributed by atoms with Gasteiger partial charge in [-0.15, -0.1) is 0 Å². The number of hydrogen-bond acceptors (Lipinski definition) is 6. The van der Waals surface area contributed by atoms with Gasteiger partial charge in [0.05, 0.1) is 23.6 Å². The minimum absolute atomic E-state index is 0.0881. The summed E-state index contributed by atoms with van der Waals surface area (Å²) in [5.41, 5.74) is 2.63. The molecule has 3 aromatic carbocycles. The highest BCUT2D eigenvalue weighted by Crippen LogP contribution is 2.50. The predicted molar refractivity (Wildman–Crippen MR) is 133 cm³/mol. The molecule has 0 radical (unpaired) electrons. The number of Topliss-reactive ketones (excluding diaryl/α,β-unsaturated/α-hetero) is 1. The lowest BCUT2D eigenvalue weighted by Gasteiger charge is -2.36. The van der Waals surface area contributed by atoms with Crippen LogP contribution in [0.1, 0.15) is 15.9 Å². The summed E-state index contributed by atoms with van der Waals surface area (Å²) in [5.74, 6) is -1.44. The van der Waals surface area contributed by atoms with Gasteiger partial charge in [-0.1, -0.05) is 42.0 Å². The minimum atomic E-state index is -0.845. The van der Waals surface area contributed by atoms with E-state index in [2.05, 4.69) is 0 Å². The first kappa shape index (κ1) is 21.2. The molecule has 3 aromatic rings. The van der Waals surface area contributed by atoms with Gasteiger partial charge in [-0.3, -0.25) is 14.4 Å². The van der Waals surface area contributed by atoms with Crippen LogP contribution in [0.25, 0.3) is 6.08 Å². The third-order valence-corrected chi connectivity index (χ3v) is 7.68.